The Labute approximate surface area is 169 Å². The van der Waals surface area contributed by atoms with E-state index in [4.69, 9.17) is 0 Å². The molecule has 1 atom stereocenters. The minimum absolute atomic E-state index is 0.0334. The second-order valence-electron chi connectivity index (χ2n) is 7.97. The molecule has 1 N–H and O–H groups in total. The molecule has 3 aromatic rings. The molecule has 2 heterocycles. The first-order valence-electron chi connectivity index (χ1n) is 9.52. The highest BCUT2D eigenvalue weighted by Crippen LogP contribution is 2.46. The summed E-state index contributed by atoms with van der Waals surface area (Å²) in [5.41, 5.74) is 0.672. The first kappa shape index (κ1) is 21.0. The van der Waals surface area contributed by atoms with Crippen LogP contribution in [0.25, 0.3) is 11.1 Å². The van der Waals surface area contributed by atoms with E-state index in [9.17, 15) is 13.9 Å². The number of hydrogen-bond donors (Lipinski definition) is 1. The molecule has 0 spiro atoms. The summed E-state index contributed by atoms with van der Waals surface area (Å²) in [6.45, 7) is 6.83. The summed E-state index contributed by atoms with van der Waals surface area (Å²) in [4.78, 5) is 12.6. The zero-order valence-electron chi connectivity index (χ0n) is 17.0. The predicted octanol–water partition coefficient (Wildman–Crippen LogP) is 5.32. The van der Waals surface area contributed by atoms with E-state index in [-0.39, 0.29) is 5.56 Å². The molecule has 0 saturated carbocycles. The van der Waals surface area contributed by atoms with Gasteiger partial charge in [-0.2, -0.15) is 0 Å². The van der Waals surface area contributed by atoms with E-state index in [2.05, 4.69) is 15.0 Å². The van der Waals surface area contributed by atoms with Gasteiger partial charge < -0.3 is 5.11 Å². The third-order valence-corrected chi connectivity index (χ3v) is 5.70. The van der Waals surface area contributed by atoms with Gasteiger partial charge in [0.2, 0.25) is 0 Å². The molecule has 0 radical (unpaired) electrons. The van der Waals surface area contributed by atoms with Crippen LogP contribution in [0.3, 0.4) is 0 Å². The van der Waals surface area contributed by atoms with Crippen molar-refractivity contribution in [3.8, 4) is 11.1 Å². The van der Waals surface area contributed by atoms with Gasteiger partial charge in [-0.05, 0) is 18.1 Å². The van der Waals surface area contributed by atoms with Gasteiger partial charge in [0.15, 0.2) is 0 Å². The maximum Gasteiger partial charge on any atom is 0.270 e. The Balaban J connectivity index is 2.01. The predicted molar refractivity (Wildman–Crippen MR) is 108 cm³/mol. The Bertz CT molecular complexity index is 952. The Morgan fingerprint density at radius 3 is 1.90 bits per heavy atom. The van der Waals surface area contributed by atoms with Gasteiger partial charge in [0.25, 0.3) is 5.92 Å². The number of aromatic nitrogens is 3. The number of aliphatic hydroxyl groups is 1. The van der Waals surface area contributed by atoms with E-state index in [0.717, 1.165) is 18.1 Å². The number of rotatable bonds is 6. The van der Waals surface area contributed by atoms with E-state index in [1.54, 1.807) is 36.8 Å². The summed E-state index contributed by atoms with van der Waals surface area (Å²) in [7, 11) is 0. The number of hydrogen-bond acceptors (Lipinski definition) is 4. The Morgan fingerprint density at radius 2 is 1.41 bits per heavy atom. The van der Waals surface area contributed by atoms with Crippen molar-refractivity contribution in [3.05, 3.63) is 78.1 Å². The maximum absolute atomic E-state index is 13.4. The number of pyridine rings is 1. The van der Waals surface area contributed by atoms with Crippen molar-refractivity contribution in [2.75, 3.05) is 0 Å². The van der Waals surface area contributed by atoms with Crippen molar-refractivity contribution in [1.29, 1.82) is 0 Å². The summed E-state index contributed by atoms with van der Waals surface area (Å²) < 4.78 is 26.9. The molecule has 0 aliphatic rings. The second-order valence-corrected chi connectivity index (χ2v) is 7.97. The van der Waals surface area contributed by atoms with Crippen LogP contribution in [0.1, 0.15) is 50.9 Å². The molecule has 3 rings (SSSR count). The fraction of sp³-hybridized carbons (Fsp3) is 0.348. The Hall–Kier alpha value is -2.73. The van der Waals surface area contributed by atoms with Crippen LogP contribution in [0.15, 0.2) is 61.3 Å². The van der Waals surface area contributed by atoms with Gasteiger partial charge in [-0.15, -0.1) is 0 Å². The monoisotopic (exact) mass is 397 g/mol. The van der Waals surface area contributed by atoms with Crippen molar-refractivity contribution in [1.82, 2.24) is 15.0 Å². The molecule has 0 fully saturated rings. The van der Waals surface area contributed by atoms with E-state index in [0.29, 0.717) is 17.7 Å². The van der Waals surface area contributed by atoms with Crippen LogP contribution in [0.5, 0.6) is 0 Å². The van der Waals surface area contributed by atoms with Crippen molar-refractivity contribution in [2.45, 2.75) is 45.6 Å². The quantitative estimate of drug-likeness (QED) is 0.611. The van der Waals surface area contributed by atoms with Crippen LogP contribution in [-0.4, -0.2) is 20.1 Å². The minimum Gasteiger partial charge on any atom is -0.378 e. The van der Waals surface area contributed by atoms with Crippen molar-refractivity contribution in [2.24, 2.45) is 5.41 Å². The van der Waals surface area contributed by atoms with Crippen LogP contribution >= 0.6 is 0 Å². The number of benzene rings is 1. The van der Waals surface area contributed by atoms with Gasteiger partial charge in [0, 0.05) is 47.6 Å². The third-order valence-electron chi connectivity index (χ3n) is 5.70. The summed E-state index contributed by atoms with van der Waals surface area (Å²) >= 11 is 0. The van der Waals surface area contributed by atoms with Crippen molar-refractivity contribution < 1.29 is 13.9 Å². The standard InChI is InChI=1S/C23H25F2N3O/c1-5-21(2,3)23(29,19-13-26-15-27-14-19)20-11-8-17(12-28-20)16-6-9-18(10-7-16)22(4,24)25/h6-15,29H,5H2,1-4H3. The van der Waals surface area contributed by atoms with E-state index in [1.165, 1.54) is 18.5 Å². The normalized spacial score (nSPS) is 14.4. The molecule has 2 aromatic heterocycles. The third kappa shape index (κ3) is 3.90. The van der Waals surface area contributed by atoms with Crippen LogP contribution in [-0.2, 0) is 11.5 Å². The van der Waals surface area contributed by atoms with Gasteiger partial charge in [-0.3, -0.25) is 4.98 Å². The minimum atomic E-state index is -2.87. The van der Waals surface area contributed by atoms with Crippen LogP contribution in [0, 0.1) is 5.41 Å². The van der Waals surface area contributed by atoms with Crippen LogP contribution in [0.2, 0.25) is 0 Å². The molecule has 29 heavy (non-hydrogen) atoms. The zero-order chi connectivity index (χ0) is 21.3. The molecule has 0 saturated heterocycles. The molecular weight excluding hydrogens is 372 g/mol. The fourth-order valence-corrected chi connectivity index (χ4v) is 3.36. The summed E-state index contributed by atoms with van der Waals surface area (Å²) in [5.74, 6) is -2.87. The highest BCUT2D eigenvalue weighted by molar-refractivity contribution is 5.63. The highest BCUT2D eigenvalue weighted by atomic mass is 19.3. The topological polar surface area (TPSA) is 58.9 Å². The van der Waals surface area contributed by atoms with Crippen LogP contribution < -0.4 is 0 Å². The van der Waals surface area contributed by atoms with Gasteiger partial charge in [-0.25, -0.2) is 18.7 Å². The number of nitrogens with zero attached hydrogens (tertiary/aromatic N) is 3. The van der Waals surface area contributed by atoms with E-state index < -0.39 is 16.9 Å². The molecule has 1 aromatic carbocycles. The Morgan fingerprint density at radius 1 is 0.828 bits per heavy atom. The summed E-state index contributed by atoms with van der Waals surface area (Å²) in [6.07, 6.45) is 6.97. The molecule has 152 valence electrons. The number of halogens is 2. The van der Waals surface area contributed by atoms with Gasteiger partial charge in [0.1, 0.15) is 11.9 Å². The second kappa shape index (κ2) is 7.59. The van der Waals surface area contributed by atoms with Gasteiger partial charge in [-0.1, -0.05) is 51.1 Å². The summed E-state index contributed by atoms with van der Waals surface area (Å²) in [6, 6.07) is 9.74. The lowest BCUT2D eigenvalue weighted by atomic mass is 9.68. The van der Waals surface area contributed by atoms with Crippen molar-refractivity contribution in [3.63, 3.8) is 0 Å². The van der Waals surface area contributed by atoms with E-state index >= 15 is 0 Å². The first-order chi connectivity index (χ1) is 13.6. The molecule has 6 heteroatoms. The van der Waals surface area contributed by atoms with E-state index in [1.807, 2.05) is 26.8 Å². The highest BCUT2D eigenvalue weighted by Gasteiger charge is 2.47. The zero-order valence-corrected chi connectivity index (χ0v) is 17.0. The van der Waals surface area contributed by atoms with Gasteiger partial charge >= 0.3 is 0 Å². The fourth-order valence-electron chi connectivity index (χ4n) is 3.36. The molecule has 1 unspecified atom stereocenters. The SMILES string of the molecule is CCC(C)(C)C(O)(c1cncnc1)c1ccc(-c2ccc(C(C)(F)F)cc2)cn1. The average Bonchev–Trinajstić information content (AvgIpc) is 2.73. The first-order valence-corrected chi connectivity index (χ1v) is 9.52. The molecular formula is C23H25F2N3O. The van der Waals surface area contributed by atoms with Crippen LogP contribution in [0.4, 0.5) is 8.78 Å². The molecule has 0 bridgehead atoms. The largest absolute Gasteiger partial charge is 0.378 e. The molecule has 0 aliphatic heterocycles. The lowest BCUT2D eigenvalue weighted by Gasteiger charge is -2.41. The summed E-state index contributed by atoms with van der Waals surface area (Å²) in [5, 5.41) is 11.7. The number of alkyl halides is 2. The average molecular weight is 397 g/mol. The smallest absolute Gasteiger partial charge is 0.270 e. The molecule has 0 amide bonds. The Kier molecular flexibility index (Phi) is 5.50. The van der Waals surface area contributed by atoms with Crippen molar-refractivity contribution >= 4 is 0 Å². The molecule has 0 aliphatic carbocycles. The van der Waals surface area contributed by atoms with Gasteiger partial charge in [0.05, 0.1) is 5.69 Å². The maximum atomic E-state index is 13.4. The molecule has 4 nitrogen and oxygen atoms in total. The lowest BCUT2D eigenvalue weighted by molar-refractivity contribution is -0.0429. The lowest BCUT2D eigenvalue weighted by Crippen LogP contribution is -2.43.